The van der Waals surface area contributed by atoms with E-state index < -0.39 is 11.6 Å². The lowest BCUT2D eigenvalue weighted by Crippen LogP contribution is -2.14. The molecule has 0 aliphatic heterocycles. The van der Waals surface area contributed by atoms with E-state index >= 15 is 0 Å². The van der Waals surface area contributed by atoms with Crippen LogP contribution < -0.4 is 5.73 Å². The molecule has 1 saturated carbocycles. The molecule has 1 aromatic heterocycles. The van der Waals surface area contributed by atoms with Gasteiger partial charge in [-0.2, -0.15) is 5.10 Å². The maximum Gasteiger partial charge on any atom is 0.153 e. The molecule has 1 aliphatic rings. The lowest BCUT2D eigenvalue weighted by molar-refractivity contribution is 0.312. The number of halogens is 2. The molecule has 0 saturated heterocycles. The van der Waals surface area contributed by atoms with Crippen LogP contribution in [0.5, 0.6) is 0 Å². The number of nitrogen functional groups attached to an aromatic ring is 1. The highest BCUT2D eigenvalue weighted by Gasteiger charge is 2.23. The second-order valence-electron chi connectivity index (χ2n) is 5.09. The summed E-state index contributed by atoms with van der Waals surface area (Å²) in [4.78, 5) is 0. The van der Waals surface area contributed by atoms with Crippen molar-refractivity contribution in [2.24, 2.45) is 5.92 Å². The molecule has 3 nitrogen and oxygen atoms in total. The maximum atomic E-state index is 13.9. The molecule has 19 heavy (non-hydrogen) atoms. The Morgan fingerprint density at radius 2 is 2.11 bits per heavy atom. The Morgan fingerprint density at radius 3 is 2.74 bits per heavy atom. The van der Waals surface area contributed by atoms with E-state index in [1.54, 1.807) is 0 Å². The van der Waals surface area contributed by atoms with Crippen LogP contribution in [0.2, 0.25) is 0 Å². The van der Waals surface area contributed by atoms with Crippen LogP contribution in [-0.2, 0) is 6.42 Å². The van der Waals surface area contributed by atoms with Crippen molar-refractivity contribution in [2.75, 3.05) is 5.73 Å². The second kappa shape index (κ2) is 4.64. The van der Waals surface area contributed by atoms with E-state index in [1.165, 1.54) is 31.4 Å². The van der Waals surface area contributed by atoms with Crippen molar-refractivity contribution < 1.29 is 8.78 Å². The molecular weight excluding hydrogens is 248 g/mol. The Hall–Kier alpha value is -1.91. The number of aromatic amines is 1. The van der Waals surface area contributed by atoms with Crippen molar-refractivity contribution in [2.45, 2.75) is 25.7 Å². The Labute approximate surface area is 109 Å². The summed E-state index contributed by atoms with van der Waals surface area (Å²) in [7, 11) is 0. The molecule has 0 atom stereocenters. The standard InChI is InChI=1S/C14H15F2N3/c15-9-4-5-10(11(16)7-9)13-12(18-19-14(13)17)6-8-2-1-3-8/h4-5,7-8H,1-3,6H2,(H3,17,18,19). The SMILES string of the molecule is Nc1n[nH]c(CC2CCC2)c1-c1ccc(F)cc1F. The van der Waals surface area contributed by atoms with Gasteiger partial charge in [-0.3, -0.25) is 5.10 Å². The summed E-state index contributed by atoms with van der Waals surface area (Å²) in [6.07, 6.45) is 4.43. The third-order valence-electron chi connectivity index (χ3n) is 3.79. The number of nitrogens with zero attached hydrogens (tertiary/aromatic N) is 1. The molecule has 1 aromatic carbocycles. The van der Waals surface area contributed by atoms with Crippen LogP contribution in [0.25, 0.3) is 11.1 Å². The van der Waals surface area contributed by atoms with E-state index in [1.807, 2.05) is 0 Å². The average molecular weight is 263 g/mol. The molecule has 2 aromatic rings. The summed E-state index contributed by atoms with van der Waals surface area (Å²) in [6, 6.07) is 3.52. The van der Waals surface area contributed by atoms with Gasteiger partial charge in [0, 0.05) is 22.9 Å². The summed E-state index contributed by atoms with van der Waals surface area (Å²) < 4.78 is 26.8. The van der Waals surface area contributed by atoms with Gasteiger partial charge in [0.1, 0.15) is 11.6 Å². The molecule has 3 rings (SSSR count). The smallest absolute Gasteiger partial charge is 0.153 e. The molecule has 0 unspecified atom stereocenters. The van der Waals surface area contributed by atoms with Crippen molar-refractivity contribution in [3.63, 3.8) is 0 Å². The van der Waals surface area contributed by atoms with Crippen molar-refractivity contribution in [1.29, 1.82) is 0 Å². The zero-order valence-electron chi connectivity index (χ0n) is 10.4. The highest BCUT2D eigenvalue weighted by atomic mass is 19.1. The van der Waals surface area contributed by atoms with Crippen LogP contribution in [0.3, 0.4) is 0 Å². The number of benzene rings is 1. The Bertz CT molecular complexity index is 603. The number of aromatic nitrogens is 2. The summed E-state index contributed by atoms with van der Waals surface area (Å²) in [5, 5.41) is 6.84. The molecular formula is C14H15F2N3. The number of rotatable bonds is 3. The first kappa shape index (κ1) is 12.1. The van der Waals surface area contributed by atoms with Gasteiger partial charge in [0.25, 0.3) is 0 Å². The fourth-order valence-corrected chi connectivity index (χ4v) is 2.52. The third-order valence-corrected chi connectivity index (χ3v) is 3.79. The zero-order valence-corrected chi connectivity index (χ0v) is 10.4. The van der Waals surface area contributed by atoms with Gasteiger partial charge in [0.2, 0.25) is 0 Å². The van der Waals surface area contributed by atoms with Crippen molar-refractivity contribution in [3.8, 4) is 11.1 Å². The van der Waals surface area contributed by atoms with E-state index in [-0.39, 0.29) is 5.82 Å². The summed E-state index contributed by atoms with van der Waals surface area (Å²) in [5.41, 5.74) is 7.53. The van der Waals surface area contributed by atoms with Gasteiger partial charge in [-0.25, -0.2) is 8.78 Å². The van der Waals surface area contributed by atoms with Gasteiger partial charge in [-0.1, -0.05) is 19.3 Å². The Kier molecular flexibility index (Phi) is 2.97. The molecule has 0 spiro atoms. The number of hydrogen-bond donors (Lipinski definition) is 2. The van der Waals surface area contributed by atoms with E-state index in [4.69, 9.17) is 5.73 Å². The van der Waals surface area contributed by atoms with Gasteiger partial charge in [-0.05, 0) is 24.5 Å². The van der Waals surface area contributed by atoms with Gasteiger partial charge in [0.05, 0.1) is 0 Å². The molecule has 100 valence electrons. The van der Waals surface area contributed by atoms with Gasteiger partial charge < -0.3 is 5.73 Å². The fourth-order valence-electron chi connectivity index (χ4n) is 2.52. The molecule has 1 aliphatic carbocycles. The number of nitrogens with one attached hydrogen (secondary N) is 1. The van der Waals surface area contributed by atoms with Gasteiger partial charge in [-0.15, -0.1) is 0 Å². The van der Waals surface area contributed by atoms with Crippen LogP contribution in [0, 0.1) is 17.6 Å². The first-order valence-corrected chi connectivity index (χ1v) is 6.43. The van der Waals surface area contributed by atoms with Crippen LogP contribution in [0.15, 0.2) is 18.2 Å². The quantitative estimate of drug-likeness (QED) is 0.892. The molecule has 0 amide bonds. The van der Waals surface area contributed by atoms with Crippen molar-refractivity contribution >= 4 is 5.82 Å². The Balaban J connectivity index is 2.00. The normalized spacial score (nSPS) is 15.5. The molecule has 3 N–H and O–H groups in total. The van der Waals surface area contributed by atoms with E-state index in [0.29, 0.717) is 17.0 Å². The van der Waals surface area contributed by atoms with E-state index in [0.717, 1.165) is 18.2 Å². The van der Waals surface area contributed by atoms with E-state index in [2.05, 4.69) is 10.2 Å². The molecule has 5 heteroatoms. The maximum absolute atomic E-state index is 13.9. The monoisotopic (exact) mass is 263 g/mol. The highest BCUT2D eigenvalue weighted by molar-refractivity contribution is 5.76. The molecule has 1 heterocycles. The first-order chi connectivity index (χ1) is 9.15. The summed E-state index contributed by atoms with van der Waals surface area (Å²) >= 11 is 0. The predicted octanol–water partition coefficient (Wildman–Crippen LogP) is 3.28. The molecule has 1 fully saturated rings. The third kappa shape index (κ3) is 2.20. The first-order valence-electron chi connectivity index (χ1n) is 6.43. The fraction of sp³-hybridized carbons (Fsp3) is 0.357. The minimum Gasteiger partial charge on any atom is -0.382 e. The number of anilines is 1. The zero-order chi connectivity index (χ0) is 13.4. The average Bonchev–Trinajstić information content (AvgIpc) is 2.66. The Morgan fingerprint density at radius 1 is 1.32 bits per heavy atom. The van der Waals surface area contributed by atoms with Crippen LogP contribution in [0.4, 0.5) is 14.6 Å². The molecule has 0 bridgehead atoms. The largest absolute Gasteiger partial charge is 0.382 e. The minimum atomic E-state index is -0.608. The van der Waals surface area contributed by atoms with Gasteiger partial charge in [0.15, 0.2) is 5.82 Å². The van der Waals surface area contributed by atoms with Crippen molar-refractivity contribution in [3.05, 3.63) is 35.5 Å². The predicted molar refractivity (Wildman–Crippen MR) is 69.4 cm³/mol. The highest BCUT2D eigenvalue weighted by Crippen LogP contribution is 2.35. The number of hydrogen-bond acceptors (Lipinski definition) is 2. The lowest BCUT2D eigenvalue weighted by Gasteiger charge is -2.25. The lowest BCUT2D eigenvalue weighted by atomic mass is 9.81. The van der Waals surface area contributed by atoms with Gasteiger partial charge >= 0.3 is 0 Å². The number of H-pyrrole nitrogens is 1. The second-order valence-corrected chi connectivity index (χ2v) is 5.09. The van der Waals surface area contributed by atoms with Crippen LogP contribution in [0.1, 0.15) is 25.0 Å². The van der Waals surface area contributed by atoms with Crippen LogP contribution in [-0.4, -0.2) is 10.2 Å². The summed E-state index contributed by atoms with van der Waals surface area (Å²) in [6.45, 7) is 0. The van der Waals surface area contributed by atoms with Crippen LogP contribution >= 0.6 is 0 Å². The number of nitrogens with two attached hydrogens (primary N) is 1. The van der Waals surface area contributed by atoms with E-state index in [9.17, 15) is 8.78 Å². The topological polar surface area (TPSA) is 54.7 Å². The summed E-state index contributed by atoms with van der Waals surface area (Å²) in [5.74, 6) is -0.325. The molecule has 0 radical (unpaired) electrons. The minimum absolute atomic E-state index is 0.264. The van der Waals surface area contributed by atoms with Crippen molar-refractivity contribution in [1.82, 2.24) is 10.2 Å².